The molecule has 23 heavy (non-hydrogen) atoms. The van der Waals surface area contributed by atoms with Gasteiger partial charge in [-0.1, -0.05) is 41.9 Å². The van der Waals surface area contributed by atoms with Crippen LogP contribution in [0.25, 0.3) is 11.4 Å². The Labute approximate surface area is 135 Å². The first-order valence-corrected chi connectivity index (χ1v) is 8.17. The number of benzene rings is 1. The molecular formula is C17H22N4O2. The quantitative estimate of drug-likeness (QED) is 0.917. The largest absolute Gasteiger partial charge is 0.355 e. The summed E-state index contributed by atoms with van der Waals surface area (Å²) in [5, 5.41) is 6.95. The summed E-state index contributed by atoms with van der Waals surface area (Å²) in [5.74, 6) is 1.25. The zero-order chi connectivity index (χ0) is 16.1. The molecule has 0 spiro atoms. The van der Waals surface area contributed by atoms with E-state index in [1.807, 2.05) is 37.3 Å². The smallest absolute Gasteiger partial charge is 0.244 e. The molecule has 0 saturated carbocycles. The molecule has 6 nitrogen and oxygen atoms in total. The van der Waals surface area contributed by atoms with Gasteiger partial charge in [0.15, 0.2) is 0 Å². The molecule has 0 bridgehead atoms. The summed E-state index contributed by atoms with van der Waals surface area (Å²) in [6.07, 6.45) is 3.14. The molecular weight excluding hydrogens is 292 g/mol. The van der Waals surface area contributed by atoms with Gasteiger partial charge in [0.05, 0.1) is 12.6 Å². The van der Waals surface area contributed by atoms with Crippen molar-refractivity contribution in [3.05, 3.63) is 36.2 Å². The molecule has 2 aromatic rings. The van der Waals surface area contributed by atoms with Crippen LogP contribution >= 0.6 is 0 Å². The fraction of sp³-hybridized carbons (Fsp3) is 0.471. The Bertz CT molecular complexity index is 641. The Morgan fingerprint density at radius 1 is 1.35 bits per heavy atom. The summed E-state index contributed by atoms with van der Waals surface area (Å²) >= 11 is 0. The lowest BCUT2D eigenvalue weighted by Gasteiger charge is -2.32. The third kappa shape index (κ3) is 3.76. The van der Waals surface area contributed by atoms with Crippen LogP contribution in [0.3, 0.4) is 0 Å². The Kier molecular flexibility index (Phi) is 5.02. The van der Waals surface area contributed by atoms with Gasteiger partial charge in [-0.25, -0.2) is 0 Å². The average Bonchev–Trinajstić information content (AvgIpc) is 3.06. The predicted octanol–water partition coefficient (Wildman–Crippen LogP) is 2.40. The van der Waals surface area contributed by atoms with Gasteiger partial charge in [-0.15, -0.1) is 0 Å². The maximum Gasteiger partial charge on any atom is 0.244 e. The van der Waals surface area contributed by atoms with E-state index in [1.54, 1.807) is 0 Å². The standard InChI is InChI=1S/C17H22N4O2/c1-2-18-15(22)12-21-11-7-6-10-14(21)17-19-16(20-23-17)13-8-4-3-5-9-13/h3-5,8-9,14H,2,6-7,10-12H2,1H3,(H,18,22). The van der Waals surface area contributed by atoms with Crippen molar-refractivity contribution in [1.29, 1.82) is 0 Å². The number of hydrogen-bond acceptors (Lipinski definition) is 5. The number of nitrogens with one attached hydrogen (secondary N) is 1. The molecule has 1 aromatic carbocycles. The molecule has 1 N–H and O–H groups in total. The van der Waals surface area contributed by atoms with E-state index in [0.29, 0.717) is 24.8 Å². The van der Waals surface area contributed by atoms with E-state index in [1.165, 1.54) is 0 Å². The molecule has 1 atom stereocenters. The van der Waals surface area contributed by atoms with Gasteiger partial charge in [0.25, 0.3) is 0 Å². The Balaban J connectivity index is 1.76. The maximum atomic E-state index is 11.9. The van der Waals surface area contributed by atoms with Gasteiger partial charge in [0.2, 0.25) is 17.6 Å². The lowest BCUT2D eigenvalue weighted by atomic mass is 10.0. The van der Waals surface area contributed by atoms with E-state index in [4.69, 9.17) is 4.52 Å². The van der Waals surface area contributed by atoms with E-state index < -0.39 is 0 Å². The molecule has 2 heterocycles. The molecule has 0 aliphatic carbocycles. The zero-order valence-corrected chi connectivity index (χ0v) is 13.4. The molecule has 1 unspecified atom stereocenters. The van der Waals surface area contributed by atoms with Crippen molar-refractivity contribution in [2.24, 2.45) is 0 Å². The second-order valence-corrected chi connectivity index (χ2v) is 5.76. The summed E-state index contributed by atoms with van der Waals surface area (Å²) in [6.45, 7) is 3.83. The Morgan fingerprint density at radius 3 is 2.96 bits per heavy atom. The van der Waals surface area contributed by atoms with Gasteiger partial charge < -0.3 is 9.84 Å². The highest BCUT2D eigenvalue weighted by Crippen LogP contribution is 2.30. The Morgan fingerprint density at radius 2 is 2.17 bits per heavy atom. The number of likely N-dealkylation sites (N-methyl/N-ethyl adjacent to an activating group) is 1. The number of carbonyl (C=O) groups excluding carboxylic acids is 1. The number of hydrogen-bond donors (Lipinski definition) is 1. The fourth-order valence-corrected chi connectivity index (χ4v) is 2.97. The first kappa shape index (κ1) is 15.7. The Hall–Kier alpha value is -2.21. The number of likely N-dealkylation sites (tertiary alicyclic amines) is 1. The van der Waals surface area contributed by atoms with Crippen molar-refractivity contribution in [3.8, 4) is 11.4 Å². The van der Waals surface area contributed by atoms with E-state index in [9.17, 15) is 4.79 Å². The van der Waals surface area contributed by atoms with Gasteiger partial charge in [-0.3, -0.25) is 9.69 Å². The number of aromatic nitrogens is 2. The van der Waals surface area contributed by atoms with Crippen molar-refractivity contribution in [1.82, 2.24) is 20.4 Å². The zero-order valence-electron chi connectivity index (χ0n) is 13.4. The molecule has 1 fully saturated rings. The number of rotatable bonds is 5. The van der Waals surface area contributed by atoms with Crippen molar-refractivity contribution in [2.45, 2.75) is 32.2 Å². The lowest BCUT2D eigenvalue weighted by molar-refractivity contribution is -0.123. The van der Waals surface area contributed by atoms with Crippen LogP contribution in [0.1, 0.15) is 38.1 Å². The normalized spacial score (nSPS) is 18.7. The highest BCUT2D eigenvalue weighted by molar-refractivity contribution is 5.78. The van der Waals surface area contributed by atoms with E-state index in [-0.39, 0.29) is 11.9 Å². The minimum Gasteiger partial charge on any atom is -0.355 e. The van der Waals surface area contributed by atoms with Gasteiger partial charge in [0, 0.05) is 12.1 Å². The molecule has 3 rings (SSSR count). The van der Waals surface area contributed by atoms with E-state index in [0.717, 1.165) is 31.4 Å². The highest BCUT2D eigenvalue weighted by Gasteiger charge is 2.30. The summed E-state index contributed by atoms with van der Waals surface area (Å²) in [4.78, 5) is 18.6. The van der Waals surface area contributed by atoms with Gasteiger partial charge in [-0.2, -0.15) is 4.98 Å². The van der Waals surface area contributed by atoms with Crippen LogP contribution in [0.4, 0.5) is 0 Å². The molecule has 122 valence electrons. The highest BCUT2D eigenvalue weighted by atomic mass is 16.5. The van der Waals surface area contributed by atoms with Gasteiger partial charge >= 0.3 is 0 Å². The molecule has 0 radical (unpaired) electrons. The fourth-order valence-electron chi connectivity index (χ4n) is 2.97. The van der Waals surface area contributed by atoms with E-state index >= 15 is 0 Å². The topological polar surface area (TPSA) is 71.3 Å². The summed E-state index contributed by atoms with van der Waals surface area (Å²) < 4.78 is 5.50. The third-order valence-corrected chi connectivity index (χ3v) is 4.09. The van der Waals surface area contributed by atoms with Crippen LogP contribution in [0.2, 0.25) is 0 Å². The summed E-state index contributed by atoms with van der Waals surface area (Å²) in [7, 11) is 0. The van der Waals surface area contributed by atoms with Crippen molar-refractivity contribution in [2.75, 3.05) is 19.6 Å². The second-order valence-electron chi connectivity index (χ2n) is 5.76. The monoisotopic (exact) mass is 314 g/mol. The maximum absolute atomic E-state index is 11.9. The van der Waals surface area contributed by atoms with Crippen LogP contribution in [0.15, 0.2) is 34.9 Å². The third-order valence-electron chi connectivity index (χ3n) is 4.09. The van der Waals surface area contributed by atoms with Gasteiger partial charge in [0.1, 0.15) is 0 Å². The van der Waals surface area contributed by atoms with Crippen molar-refractivity contribution >= 4 is 5.91 Å². The molecule has 1 aliphatic heterocycles. The van der Waals surface area contributed by atoms with Crippen molar-refractivity contribution in [3.63, 3.8) is 0 Å². The number of carbonyl (C=O) groups is 1. The summed E-state index contributed by atoms with van der Waals surface area (Å²) in [5.41, 5.74) is 0.939. The number of piperidine rings is 1. The first-order chi connectivity index (χ1) is 11.3. The van der Waals surface area contributed by atoms with Crippen LogP contribution in [-0.2, 0) is 4.79 Å². The first-order valence-electron chi connectivity index (χ1n) is 8.17. The molecule has 6 heteroatoms. The SMILES string of the molecule is CCNC(=O)CN1CCCCC1c1nc(-c2ccccc2)no1. The van der Waals surface area contributed by atoms with Crippen LogP contribution in [-0.4, -0.2) is 40.6 Å². The summed E-state index contributed by atoms with van der Waals surface area (Å²) in [6, 6.07) is 9.81. The molecule has 1 aliphatic rings. The molecule has 1 saturated heterocycles. The second kappa shape index (κ2) is 7.37. The minimum atomic E-state index is 0.0244. The number of amides is 1. The van der Waals surface area contributed by atoms with Crippen LogP contribution in [0.5, 0.6) is 0 Å². The van der Waals surface area contributed by atoms with Crippen LogP contribution in [0, 0.1) is 0 Å². The van der Waals surface area contributed by atoms with Crippen molar-refractivity contribution < 1.29 is 9.32 Å². The van der Waals surface area contributed by atoms with Crippen LogP contribution < -0.4 is 5.32 Å². The lowest BCUT2D eigenvalue weighted by Crippen LogP contribution is -2.41. The average molecular weight is 314 g/mol. The van der Waals surface area contributed by atoms with E-state index in [2.05, 4.69) is 20.4 Å². The van der Waals surface area contributed by atoms with Gasteiger partial charge in [-0.05, 0) is 26.3 Å². The predicted molar refractivity (Wildman–Crippen MR) is 86.6 cm³/mol. The molecule has 1 amide bonds. The minimum absolute atomic E-state index is 0.0244. The number of nitrogens with zero attached hydrogens (tertiary/aromatic N) is 3. The molecule has 1 aromatic heterocycles.